The first-order chi connectivity index (χ1) is 32.6. The Bertz CT molecular complexity index is 2480. The third kappa shape index (κ3) is 13.3. The second kappa shape index (κ2) is 25.0. The number of carboxylic acids is 1. The molecular formula is C52H67Cl2FKN7O6. The van der Waals surface area contributed by atoms with E-state index < -0.39 is 23.3 Å². The number of likely N-dealkylation sites (tertiary alicyclic amines) is 1. The van der Waals surface area contributed by atoms with Crippen LogP contribution in [0.3, 0.4) is 0 Å². The molecule has 1 aromatic heterocycles. The Morgan fingerprint density at radius 3 is 2.23 bits per heavy atom. The molecule has 3 atom stereocenters. The van der Waals surface area contributed by atoms with Gasteiger partial charge in [0.05, 0.1) is 27.5 Å². The fourth-order valence-electron chi connectivity index (χ4n) is 11.6. The predicted molar refractivity (Wildman–Crippen MR) is 265 cm³/mol. The van der Waals surface area contributed by atoms with Crippen LogP contribution in [0.4, 0.5) is 10.1 Å². The number of imide groups is 1. The maximum atomic E-state index is 13.0. The number of halogens is 3. The summed E-state index contributed by atoms with van der Waals surface area (Å²) in [6.07, 6.45) is 17.3. The van der Waals surface area contributed by atoms with Crippen LogP contribution in [0, 0.1) is 24.2 Å². The molecule has 4 heterocycles. The summed E-state index contributed by atoms with van der Waals surface area (Å²) < 4.78 is 15.2. The standard InChI is InChI=1S/C29H40N4O5.C17H23ClN3O.C6H4ClF.K/c1-31-24-18-20(9-10-22(24)33(28(31)38)23-11-12-25(34)30-26(23)35)8-5-13-29(27(36)37)14-16-32(17-15-29)19-21-6-3-2-4-7-21;1-20-14-9-11(18)5-6-12(14)13-10-15(16(19)22)21-17(13)7-3-2-4-8-17;7-5-3-1-2-4-6(5)8;/h9-10,18,21,23H,2-8,11-17,19H2,1H3,(H,36,37)(H,30,34,35);5-6,9,13,15,20-21H,1-4,7-8,10H2,(H2,19,22);1-4H;/q;-1;;+1. The number of primary amides is 1. The Morgan fingerprint density at radius 2 is 1.61 bits per heavy atom. The van der Waals surface area contributed by atoms with E-state index in [2.05, 4.69) is 34.0 Å². The molecule has 4 aromatic rings. The molecule has 0 radical (unpaired) electrons. The molecule has 5 aliphatic rings. The number of aromatic nitrogens is 2. The Hall–Kier alpha value is -3.12. The SMILES string of the molecule is Cn1c(=O)n(C2CCC(=O)NC2=O)c2ccc(CCCC3(C(=O)O)CCN(CC4CCCCC4)CC3)cc21.Fc1ccccc1Cl.[CH2-]Nc1cc(Cl)ccc1C1CC(C(N)=O)NC12CCCCC2.[K+]. The van der Waals surface area contributed by atoms with Crippen LogP contribution in [0.25, 0.3) is 11.0 Å². The minimum Gasteiger partial charge on any atom is -0.538 e. The number of benzene rings is 3. The maximum absolute atomic E-state index is 13.0. The molecule has 3 unspecified atom stereocenters. The van der Waals surface area contributed by atoms with Crippen molar-refractivity contribution in [2.24, 2.45) is 24.1 Å². The molecule has 13 nitrogen and oxygen atoms in total. The van der Waals surface area contributed by atoms with Gasteiger partial charge in [0.15, 0.2) is 0 Å². The summed E-state index contributed by atoms with van der Waals surface area (Å²) >= 11 is 11.4. The zero-order valence-corrected chi connectivity index (χ0v) is 44.8. The van der Waals surface area contributed by atoms with E-state index in [1.165, 1.54) is 73.6 Å². The zero-order chi connectivity index (χ0) is 48.6. The average Bonchev–Trinajstić information content (AvgIpc) is 3.81. The Kier molecular flexibility index (Phi) is 20.0. The molecule has 9 rings (SSSR count). The van der Waals surface area contributed by atoms with Gasteiger partial charge in [-0.1, -0.05) is 86.0 Å². The summed E-state index contributed by atoms with van der Waals surface area (Å²) in [5, 5.41) is 19.9. The Morgan fingerprint density at radius 1 is 0.913 bits per heavy atom. The van der Waals surface area contributed by atoms with Crippen molar-refractivity contribution in [2.45, 2.75) is 139 Å². The van der Waals surface area contributed by atoms with E-state index >= 15 is 0 Å². The second-order valence-electron chi connectivity index (χ2n) is 19.7. The molecule has 0 bridgehead atoms. The predicted octanol–water partition coefficient (Wildman–Crippen LogP) is 6.05. The van der Waals surface area contributed by atoms with Crippen LogP contribution >= 0.6 is 23.2 Å². The molecule has 5 fully saturated rings. The molecule has 3 aliphatic heterocycles. The van der Waals surface area contributed by atoms with E-state index in [0.29, 0.717) is 36.2 Å². The van der Waals surface area contributed by atoms with Crippen molar-refractivity contribution in [2.75, 3.05) is 25.0 Å². The molecular weight excluding hydrogens is 948 g/mol. The average molecular weight is 1020 g/mol. The quantitative estimate of drug-likeness (QED) is 0.0680. The van der Waals surface area contributed by atoms with Gasteiger partial charge in [-0.15, -0.1) is 0 Å². The van der Waals surface area contributed by atoms with Crippen LogP contribution in [-0.4, -0.2) is 74.0 Å². The van der Waals surface area contributed by atoms with Gasteiger partial charge in [0.25, 0.3) is 0 Å². The minimum absolute atomic E-state index is 0. The third-order valence-electron chi connectivity index (χ3n) is 15.4. The van der Waals surface area contributed by atoms with Gasteiger partial charge in [-0.2, -0.15) is 0 Å². The van der Waals surface area contributed by atoms with E-state index in [4.69, 9.17) is 28.9 Å². The monoisotopic (exact) mass is 1010 g/mol. The topological polar surface area (TPSA) is 181 Å². The first-order valence-corrected chi connectivity index (χ1v) is 25.2. The number of nitrogens with one attached hydrogen (secondary N) is 3. The summed E-state index contributed by atoms with van der Waals surface area (Å²) in [6.45, 7) is 2.85. The van der Waals surface area contributed by atoms with Crippen molar-refractivity contribution in [1.82, 2.24) is 24.7 Å². The number of carbonyl (C=O) groups excluding carboxylic acids is 3. The number of carbonyl (C=O) groups is 4. The number of hydrogen-bond donors (Lipinski definition) is 5. The number of piperidine rings is 2. The summed E-state index contributed by atoms with van der Waals surface area (Å²) in [7, 11) is 5.49. The van der Waals surface area contributed by atoms with Crippen molar-refractivity contribution in [3.05, 3.63) is 105 Å². The summed E-state index contributed by atoms with van der Waals surface area (Å²) in [6, 6.07) is 16.8. The molecule has 1 spiro atoms. The molecule has 6 N–H and O–H groups in total. The van der Waals surface area contributed by atoms with Gasteiger partial charge in [0.2, 0.25) is 17.7 Å². The van der Waals surface area contributed by atoms with Crippen molar-refractivity contribution in [1.29, 1.82) is 0 Å². The normalized spacial score (nSPS) is 22.4. The third-order valence-corrected chi connectivity index (χ3v) is 15.9. The number of nitrogens with zero attached hydrogens (tertiary/aromatic N) is 3. The summed E-state index contributed by atoms with van der Waals surface area (Å²) in [5.41, 5.74) is 9.17. The smallest absolute Gasteiger partial charge is 0.538 e. The number of imidazole rings is 1. The second-order valence-corrected chi connectivity index (χ2v) is 20.5. The molecule has 2 saturated carbocycles. The van der Waals surface area contributed by atoms with Crippen LogP contribution in [0.15, 0.2) is 65.5 Å². The van der Waals surface area contributed by atoms with Crippen LogP contribution in [-0.2, 0) is 32.6 Å². The van der Waals surface area contributed by atoms with Crippen LogP contribution in [0.1, 0.15) is 132 Å². The van der Waals surface area contributed by atoms with E-state index in [0.717, 1.165) is 74.4 Å². The fraction of sp³-hybridized carbons (Fsp3) is 0.538. The number of aliphatic carboxylic acids is 1. The number of fused-ring (bicyclic) bond motifs is 1. The van der Waals surface area contributed by atoms with Crippen molar-refractivity contribution in [3.63, 3.8) is 0 Å². The molecule has 2 aliphatic carbocycles. The molecule has 3 amide bonds. The number of nitrogens with two attached hydrogens (primary N) is 1. The van der Waals surface area contributed by atoms with Gasteiger partial charge >= 0.3 is 63.0 Å². The van der Waals surface area contributed by atoms with E-state index in [9.17, 15) is 33.5 Å². The number of hydrogen-bond acceptors (Lipinski definition) is 8. The molecule has 3 saturated heterocycles. The summed E-state index contributed by atoms with van der Waals surface area (Å²) in [4.78, 5) is 63.6. The molecule has 368 valence electrons. The largest absolute Gasteiger partial charge is 1.00 e. The number of amides is 3. The Labute approximate surface area is 457 Å². The van der Waals surface area contributed by atoms with Crippen molar-refractivity contribution < 1.29 is 80.1 Å². The maximum Gasteiger partial charge on any atom is 1.00 e. The van der Waals surface area contributed by atoms with E-state index in [1.54, 1.807) is 23.7 Å². The van der Waals surface area contributed by atoms with Crippen molar-refractivity contribution >= 4 is 63.6 Å². The molecule has 3 aromatic carbocycles. The van der Waals surface area contributed by atoms with Crippen molar-refractivity contribution in [3.8, 4) is 0 Å². The fourth-order valence-corrected chi connectivity index (χ4v) is 11.9. The van der Waals surface area contributed by atoms with Gasteiger partial charge in [0.1, 0.15) is 11.9 Å². The van der Waals surface area contributed by atoms with Gasteiger partial charge in [-0.05, 0) is 137 Å². The molecule has 69 heavy (non-hydrogen) atoms. The van der Waals surface area contributed by atoms with E-state index in [1.807, 2.05) is 30.3 Å². The summed E-state index contributed by atoms with van der Waals surface area (Å²) in [5.74, 6) is -1.02. The van der Waals surface area contributed by atoms with Gasteiger partial charge < -0.3 is 21.1 Å². The number of aryl methyl sites for hydroxylation is 2. The van der Waals surface area contributed by atoms with Gasteiger partial charge in [-0.3, -0.25) is 46.0 Å². The first-order valence-electron chi connectivity index (χ1n) is 24.4. The van der Waals surface area contributed by atoms with Crippen LogP contribution < -0.4 is 78.8 Å². The van der Waals surface area contributed by atoms with Gasteiger partial charge in [0, 0.05) is 42.2 Å². The van der Waals surface area contributed by atoms with Crippen LogP contribution in [0.5, 0.6) is 0 Å². The zero-order valence-electron chi connectivity index (χ0n) is 40.2. The van der Waals surface area contributed by atoms with Gasteiger partial charge in [-0.25, -0.2) is 9.18 Å². The minimum atomic E-state index is -0.700. The van der Waals surface area contributed by atoms with Crippen LogP contribution in [0.2, 0.25) is 10.0 Å². The Balaban J connectivity index is 0.000000211. The number of carboxylic acid groups (broad SMARTS) is 1. The van der Waals surface area contributed by atoms with E-state index in [-0.39, 0.29) is 104 Å². The molecule has 17 heteroatoms. The number of rotatable bonds is 11. The number of anilines is 1. The first kappa shape index (κ1) is 55.2.